The molecule has 0 bridgehead atoms. The van der Waals surface area contributed by atoms with Crippen LogP contribution < -0.4 is 5.73 Å². The van der Waals surface area contributed by atoms with E-state index in [0.29, 0.717) is 23.1 Å². The van der Waals surface area contributed by atoms with Crippen molar-refractivity contribution in [1.29, 1.82) is 0 Å². The average molecular weight is 351 g/mol. The molecule has 0 spiro atoms. The van der Waals surface area contributed by atoms with Gasteiger partial charge in [-0.3, -0.25) is 4.79 Å². The van der Waals surface area contributed by atoms with Gasteiger partial charge in [0.2, 0.25) is 5.89 Å². The molecule has 134 valence electrons. The first-order valence-electron chi connectivity index (χ1n) is 8.78. The highest BCUT2D eigenvalue weighted by Gasteiger charge is 2.26. The fourth-order valence-electron chi connectivity index (χ4n) is 3.41. The van der Waals surface area contributed by atoms with Gasteiger partial charge in [-0.1, -0.05) is 30.3 Å². The highest BCUT2D eigenvalue weighted by Crippen LogP contribution is 2.25. The number of nitrogens with one attached hydrogen (secondary N) is 1. The number of benzene rings is 1. The number of likely N-dealkylation sites (tertiary alicyclic amines) is 1. The van der Waals surface area contributed by atoms with Crippen LogP contribution in [0.2, 0.25) is 0 Å². The van der Waals surface area contributed by atoms with Crippen molar-refractivity contribution in [2.75, 3.05) is 18.8 Å². The number of aromatic nitrogens is 3. The van der Waals surface area contributed by atoms with Crippen LogP contribution in [0.5, 0.6) is 0 Å². The molecule has 1 saturated heterocycles. The Hall–Kier alpha value is -3.09. The minimum Gasteiger partial charge on any atom is -0.442 e. The normalized spacial score (nSPS) is 15.3. The van der Waals surface area contributed by atoms with Crippen LogP contribution in [0.3, 0.4) is 0 Å². The molecule has 1 aliphatic rings. The van der Waals surface area contributed by atoms with Gasteiger partial charge < -0.3 is 20.0 Å². The lowest BCUT2D eigenvalue weighted by atomic mass is 9.90. The highest BCUT2D eigenvalue weighted by molar-refractivity contribution is 5.92. The first-order chi connectivity index (χ1) is 12.7. The second kappa shape index (κ2) is 7.03. The van der Waals surface area contributed by atoms with E-state index >= 15 is 0 Å². The van der Waals surface area contributed by atoms with Crippen molar-refractivity contribution in [2.45, 2.75) is 19.3 Å². The Kier molecular flexibility index (Phi) is 4.43. The van der Waals surface area contributed by atoms with E-state index in [2.05, 4.69) is 39.2 Å². The Bertz CT molecular complexity index is 878. The molecule has 4 rings (SSSR count). The standard InChI is InChI=1S/C19H21N5O2/c20-17-16(21-12-22-17)18-23-15(11-26-18)19(25)24-8-6-14(7-9-24)10-13-4-2-1-3-5-13/h1-5,11-12,14H,6-10,20H2,(H,21,22). The Morgan fingerprint density at radius 2 is 2.04 bits per heavy atom. The Labute approximate surface area is 151 Å². The number of nitrogens with zero attached hydrogens (tertiary/aromatic N) is 3. The van der Waals surface area contributed by atoms with Crippen LogP contribution in [0.25, 0.3) is 11.6 Å². The number of carbonyl (C=O) groups is 1. The molecule has 26 heavy (non-hydrogen) atoms. The van der Waals surface area contributed by atoms with E-state index in [0.717, 1.165) is 32.4 Å². The molecule has 1 amide bonds. The van der Waals surface area contributed by atoms with Gasteiger partial charge in [0.25, 0.3) is 5.91 Å². The van der Waals surface area contributed by atoms with Crippen molar-refractivity contribution in [3.8, 4) is 11.6 Å². The van der Waals surface area contributed by atoms with Crippen molar-refractivity contribution >= 4 is 11.7 Å². The molecule has 3 heterocycles. The van der Waals surface area contributed by atoms with E-state index in [1.165, 1.54) is 18.2 Å². The third-order valence-corrected chi connectivity index (χ3v) is 4.87. The number of rotatable bonds is 4. The summed E-state index contributed by atoms with van der Waals surface area (Å²) in [6.07, 6.45) is 5.91. The number of piperidine rings is 1. The summed E-state index contributed by atoms with van der Waals surface area (Å²) in [5.41, 5.74) is 7.89. The zero-order chi connectivity index (χ0) is 17.9. The molecule has 0 radical (unpaired) electrons. The fraction of sp³-hybridized carbons (Fsp3) is 0.316. The maximum atomic E-state index is 12.7. The Balaban J connectivity index is 1.37. The molecule has 0 atom stereocenters. The van der Waals surface area contributed by atoms with Gasteiger partial charge in [0, 0.05) is 13.1 Å². The summed E-state index contributed by atoms with van der Waals surface area (Å²) in [4.78, 5) is 25.6. The number of H-pyrrole nitrogens is 1. The summed E-state index contributed by atoms with van der Waals surface area (Å²) >= 11 is 0. The maximum Gasteiger partial charge on any atom is 0.275 e. The third-order valence-electron chi connectivity index (χ3n) is 4.87. The van der Waals surface area contributed by atoms with Gasteiger partial charge in [-0.2, -0.15) is 0 Å². The largest absolute Gasteiger partial charge is 0.442 e. The summed E-state index contributed by atoms with van der Waals surface area (Å²) < 4.78 is 5.39. The third kappa shape index (κ3) is 3.33. The molecular weight excluding hydrogens is 330 g/mol. The molecule has 3 N–H and O–H groups in total. The molecule has 7 nitrogen and oxygen atoms in total. The lowest BCUT2D eigenvalue weighted by molar-refractivity contribution is 0.0684. The smallest absolute Gasteiger partial charge is 0.275 e. The lowest BCUT2D eigenvalue weighted by Gasteiger charge is -2.31. The van der Waals surface area contributed by atoms with Crippen molar-refractivity contribution in [1.82, 2.24) is 19.9 Å². The van der Waals surface area contributed by atoms with Crippen molar-refractivity contribution in [3.63, 3.8) is 0 Å². The maximum absolute atomic E-state index is 12.7. The van der Waals surface area contributed by atoms with E-state index in [-0.39, 0.29) is 11.8 Å². The van der Waals surface area contributed by atoms with Gasteiger partial charge in [0.1, 0.15) is 12.0 Å². The minimum absolute atomic E-state index is 0.101. The SMILES string of the molecule is Nc1nc[nH]c1-c1nc(C(=O)N2CCC(Cc3ccccc3)CC2)co1. The van der Waals surface area contributed by atoms with Gasteiger partial charge in [-0.15, -0.1) is 0 Å². The average Bonchev–Trinajstić information content (AvgIpc) is 3.31. The molecule has 1 aromatic carbocycles. The predicted molar refractivity (Wildman–Crippen MR) is 97.3 cm³/mol. The number of hydrogen-bond donors (Lipinski definition) is 2. The fourth-order valence-corrected chi connectivity index (χ4v) is 3.41. The molecule has 7 heteroatoms. The van der Waals surface area contributed by atoms with Crippen molar-refractivity contribution < 1.29 is 9.21 Å². The second-order valence-corrected chi connectivity index (χ2v) is 6.63. The van der Waals surface area contributed by atoms with Crippen LogP contribution in [-0.4, -0.2) is 38.8 Å². The van der Waals surface area contributed by atoms with E-state index < -0.39 is 0 Å². The molecule has 3 aromatic rings. The van der Waals surface area contributed by atoms with Crippen LogP contribution in [0, 0.1) is 5.92 Å². The number of aromatic amines is 1. The quantitative estimate of drug-likeness (QED) is 0.752. The van der Waals surface area contributed by atoms with Crippen molar-refractivity contribution in [2.24, 2.45) is 5.92 Å². The second-order valence-electron chi connectivity index (χ2n) is 6.63. The van der Waals surface area contributed by atoms with E-state index in [9.17, 15) is 4.79 Å². The molecule has 1 fully saturated rings. The number of nitrogen functional groups attached to an aromatic ring is 1. The van der Waals surface area contributed by atoms with Gasteiger partial charge in [-0.05, 0) is 30.7 Å². The molecule has 0 unspecified atom stereocenters. The van der Waals surface area contributed by atoms with Gasteiger partial charge in [0.05, 0.1) is 6.33 Å². The number of hydrogen-bond acceptors (Lipinski definition) is 5. The van der Waals surface area contributed by atoms with E-state index in [1.807, 2.05) is 11.0 Å². The summed E-state index contributed by atoms with van der Waals surface area (Å²) in [7, 11) is 0. The Morgan fingerprint density at radius 1 is 1.27 bits per heavy atom. The summed E-state index contributed by atoms with van der Waals surface area (Å²) in [5, 5.41) is 0. The summed E-state index contributed by atoms with van der Waals surface area (Å²) in [6, 6.07) is 10.5. The molecule has 0 saturated carbocycles. The van der Waals surface area contributed by atoms with Gasteiger partial charge in [0.15, 0.2) is 11.5 Å². The van der Waals surface area contributed by atoms with Crippen molar-refractivity contribution in [3.05, 3.63) is 54.2 Å². The first-order valence-corrected chi connectivity index (χ1v) is 8.78. The minimum atomic E-state index is -0.101. The zero-order valence-corrected chi connectivity index (χ0v) is 14.4. The number of imidazole rings is 1. The van der Waals surface area contributed by atoms with E-state index in [1.54, 1.807) is 0 Å². The molecule has 1 aliphatic heterocycles. The first kappa shape index (κ1) is 16.4. The molecule has 0 aliphatic carbocycles. The lowest BCUT2D eigenvalue weighted by Crippen LogP contribution is -2.39. The predicted octanol–water partition coefficient (Wildman–Crippen LogP) is 2.74. The van der Waals surface area contributed by atoms with Gasteiger partial charge >= 0.3 is 0 Å². The van der Waals surface area contributed by atoms with Gasteiger partial charge in [-0.25, -0.2) is 9.97 Å². The monoisotopic (exact) mass is 351 g/mol. The van der Waals surface area contributed by atoms with Crippen LogP contribution in [-0.2, 0) is 6.42 Å². The summed E-state index contributed by atoms with van der Waals surface area (Å²) in [5.74, 6) is 1.09. The number of amides is 1. The molecule has 2 aromatic heterocycles. The Morgan fingerprint density at radius 3 is 2.73 bits per heavy atom. The number of oxazole rings is 1. The van der Waals surface area contributed by atoms with E-state index in [4.69, 9.17) is 10.2 Å². The van der Waals surface area contributed by atoms with Crippen LogP contribution in [0.1, 0.15) is 28.9 Å². The summed E-state index contributed by atoms with van der Waals surface area (Å²) in [6.45, 7) is 1.48. The zero-order valence-electron chi connectivity index (χ0n) is 14.4. The van der Waals surface area contributed by atoms with Crippen LogP contribution in [0.15, 0.2) is 47.3 Å². The van der Waals surface area contributed by atoms with Crippen LogP contribution in [0.4, 0.5) is 5.82 Å². The van der Waals surface area contributed by atoms with Crippen LogP contribution >= 0.6 is 0 Å². The number of anilines is 1. The topological polar surface area (TPSA) is 101 Å². The molecular formula is C19H21N5O2. The number of carbonyl (C=O) groups excluding carboxylic acids is 1. The number of nitrogens with two attached hydrogens (primary N) is 1. The highest BCUT2D eigenvalue weighted by atomic mass is 16.3.